The first-order valence-corrected chi connectivity index (χ1v) is 12.3. The summed E-state index contributed by atoms with van der Waals surface area (Å²) < 4.78 is 1.44. The van der Waals surface area contributed by atoms with Crippen LogP contribution in [0.15, 0.2) is 60.4 Å². The second kappa shape index (κ2) is 9.95. The maximum Gasteiger partial charge on any atom is 0.271 e. The summed E-state index contributed by atoms with van der Waals surface area (Å²) in [4.78, 5) is 22.5. The summed E-state index contributed by atoms with van der Waals surface area (Å²) in [6.07, 6.45) is 6.46. The average molecular weight is 482 g/mol. The molecule has 0 spiro atoms. The molecule has 2 aromatic carbocycles. The van der Waals surface area contributed by atoms with E-state index in [4.69, 9.17) is 5.73 Å². The van der Waals surface area contributed by atoms with E-state index in [1.165, 1.54) is 38.6 Å². The Balaban J connectivity index is 1.25. The molecule has 2 aromatic heterocycles. The number of piperidine rings is 1. The number of imidazole rings is 1. The number of nitrogens with two attached hydrogens (primary N) is 1. The van der Waals surface area contributed by atoms with Crippen LogP contribution in [0.1, 0.15) is 45.7 Å². The van der Waals surface area contributed by atoms with Gasteiger partial charge in [0.15, 0.2) is 11.3 Å². The number of amides is 1. The molecule has 1 aliphatic heterocycles. The highest BCUT2D eigenvalue weighted by atomic mass is 16.3. The largest absolute Gasteiger partial charge is 0.494 e. The second-order valence-corrected chi connectivity index (χ2v) is 9.50. The Morgan fingerprint density at radius 3 is 2.53 bits per heavy atom. The maximum absolute atomic E-state index is 11.6. The number of hydrogen-bond acceptors (Lipinski definition) is 5. The van der Waals surface area contributed by atoms with Crippen molar-refractivity contribution in [1.82, 2.24) is 19.3 Å². The van der Waals surface area contributed by atoms with Crippen molar-refractivity contribution in [2.75, 3.05) is 19.6 Å². The summed E-state index contributed by atoms with van der Waals surface area (Å²) in [7, 11) is 0. The Morgan fingerprint density at radius 2 is 1.81 bits per heavy atom. The number of nitrogens with zero attached hydrogens (tertiary/aromatic N) is 4. The zero-order chi connectivity index (χ0) is 25.2. The lowest BCUT2D eigenvalue weighted by atomic mass is 9.94. The molecule has 0 saturated carbocycles. The van der Waals surface area contributed by atoms with Crippen molar-refractivity contribution in [3.8, 4) is 17.0 Å². The molecule has 3 N–H and O–H groups in total. The third-order valence-electron chi connectivity index (χ3n) is 7.04. The predicted octanol–water partition coefficient (Wildman–Crippen LogP) is 4.54. The number of carbonyl (C=O) groups excluding carboxylic acids is 1. The van der Waals surface area contributed by atoms with Gasteiger partial charge in [0.1, 0.15) is 6.33 Å². The van der Waals surface area contributed by atoms with Crippen LogP contribution in [0.25, 0.3) is 22.9 Å². The number of primary amides is 1. The van der Waals surface area contributed by atoms with E-state index in [2.05, 4.69) is 76.4 Å². The summed E-state index contributed by atoms with van der Waals surface area (Å²) in [6.45, 7) is 6.73. The van der Waals surface area contributed by atoms with E-state index < -0.39 is 5.91 Å². The standard InChI is InChI=1S/C29H31N5O2/c1-19-7-9-22(10-8-19)25-6-4-3-5-23(25)17-21-11-14-33(15-12-21)16-13-24-20(2)32-28-26(27(30)35)31-18-34(28)29(24)36/h3-10,17-18,36H,11-16H2,1-2H3,(H2,30,35). The van der Waals surface area contributed by atoms with E-state index in [0.717, 1.165) is 38.0 Å². The Labute approximate surface area is 210 Å². The fourth-order valence-corrected chi connectivity index (χ4v) is 4.92. The molecule has 0 radical (unpaired) electrons. The van der Waals surface area contributed by atoms with Crippen LogP contribution in [-0.4, -0.2) is 49.9 Å². The number of rotatable bonds is 6. The molecule has 1 amide bonds. The van der Waals surface area contributed by atoms with Gasteiger partial charge in [0.25, 0.3) is 5.91 Å². The van der Waals surface area contributed by atoms with E-state index in [1.54, 1.807) is 0 Å². The second-order valence-electron chi connectivity index (χ2n) is 9.50. The van der Waals surface area contributed by atoms with E-state index in [9.17, 15) is 9.90 Å². The Kier molecular flexibility index (Phi) is 6.57. The van der Waals surface area contributed by atoms with Gasteiger partial charge in [-0.2, -0.15) is 0 Å². The van der Waals surface area contributed by atoms with E-state index >= 15 is 0 Å². The van der Waals surface area contributed by atoms with E-state index in [0.29, 0.717) is 17.8 Å². The number of hydrogen-bond donors (Lipinski definition) is 2. The van der Waals surface area contributed by atoms with Gasteiger partial charge in [-0.05, 0) is 49.8 Å². The lowest BCUT2D eigenvalue weighted by Crippen LogP contribution is -2.32. The average Bonchev–Trinajstić information content (AvgIpc) is 3.30. The van der Waals surface area contributed by atoms with Gasteiger partial charge < -0.3 is 15.7 Å². The van der Waals surface area contributed by atoms with Crippen LogP contribution >= 0.6 is 0 Å². The molecule has 36 heavy (non-hydrogen) atoms. The van der Waals surface area contributed by atoms with Crippen LogP contribution < -0.4 is 5.73 Å². The Bertz CT molecular complexity index is 1440. The molecule has 7 nitrogen and oxygen atoms in total. The number of fused-ring (bicyclic) bond motifs is 1. The molecule has 1 saturated heterocycles. The summed E-state index contributed by atoms with van der Waals surface area (Å²) >= 11 is 0. The molecular formula is C29H31N5O2. The molecule has 0 aliphatic carbocycles. The van der Waals surface area contributed by atoms with Gasteiger partial charge >= 0.3 is 0 Å². The number of aryl methyl sites for hydroxylation is 2. The molecule has 3 heterocycles. The normalized spacial score (nSPS) is 14.3. The summed E-state index contributed by atoms with van der Waals surface area (Å²) in [5, 5.41) is 10.8. The van der Waals surface area contributed by atoms with Crippen molar-refractivity contribution in [3.63, 3.8) is 0 Å². The number of aromatic hydroxyl groups is 1. The molecule has 0 atom stereocenters. The van der Waals surface area contributed by atoms with Crippen molar-refractivity contribution in [2.24, 2.45) is 5.73 Å². The van der Waals surface area contributed by atoms with E-state index in [-0.39, 0.29) is 11.6 Å². The molecule has 7 heteroatoms. The smallest absolute Gasteiger partial charge is 0.271 e. The summed E-state index contributed by atoms with van der Waals surface area (Å²) in [6, 6.07) is 17.3. The maximum atomic E-state index is 11.6. The van der Waals surface area contributed by atoms with Crippen LogP contribution in [0.5, 0.6) is 5.88 Å². The van der Waals surface area contributed by atoms with Gasteiger partial charge in [-0.25, -0.2) is 9.97 Å². The zero-order valence-electron chi connectivity index (χ0n) is 20.7. The minimum Gasteiger partial charge on any atom is -0.494 e. The zero-order valence-corrected chi connectivity index (χ0v) is 20.7. The summed E-state index contributed by atoms with van der Waals surface area (Å²) in [5.41, 5.74) is 13.7. The van der Waals surface area contributed by atoms with Crippen molar-refractivity contribution in [1.29, 1.82) is 0 Å². The van der Waals surface area contributed by atoms with Gasteiger partial charge in [-0.1, -0.05) is 65.7 Å². The van der Waals surface area contributed by atoms with Crippen LogP contribution in [0.2, 0.25) is 0 Å². The van der Waals surface area contributed by atoms with E-state index in [1.807, 2.05) is 6.92 Å². The van der Waals surface area contributed by atoms with Crippen LogP contribution in [-0.2, 0) is 6.42 Å². The number of carbonyl (C=O) groups is 1. The molecular weight excluding hydrogens is 450 g/mol. The van der Waals surface area contributed by atoms with Crippen molar-refractivity contribution in [3.05, 3.63) is 88.5 Å². The Hall–Kier alpha value is -3.97. The van der Waals surface area contributed by atoms with Gasteiger partial charge in [0, 0.05) is 30.9 Å². The van der Waals surface area contributed by atoms with Crippen molar-refractivity contribution in [2.45, 2.75) is 33.1 Å². The third kappa shape index (κ3) is 4.75. The highest BCUT2D eigenvalue weighted by Crippen LogP contribution is 2.29. The first kappa shape index (κ1) is 23.8. The lowest BCUT2D eigenvalue weighted by Gasteiger charge is -2.28. The highest BCUT2D eigenvalue weighted by Gasteiger charge is 2.20. The van der Waals surface area contributed by atoms with Gasteiger partial charge in [-0.15, -0.1) is 0 Å². The highest BCUT2D eigenvalue weighted by molar-refractivity contribution is 5.96. The number of benzene rings is 2. The molecule has 1 aliphatic rings. The molecule has 1 fully saturated rings. The monoisotopic (exact) mass is 481 g/mol. The van der Waals surface area contributed by atoms with Gasteiger partial charge in [0.05, 0.1) is 0 Å². The minimum absolute atomic E-state index is 0.0687. The Morgan fingerprint density at radius 1 is 1.08 bits per heavy atom. The first-order chi connectivity index (χ1) is 17.4. The third-order valence-corrected chi connectivity index (χ3v) is 7.04. The van der Waals surface area contributed by atoms with Gasteiger partial charge in [0.2, 0.25) is 5.88 Å². The van der Waals surface area contributed by atoms with Crippen LogP contribution in [0.3, 0.4) is 0 Å². The molecule has 4 aromatic rings. The number of likely N-dealkylation sites (tertiary alicyclic amines) is 1. The first-order valence-electron chi connectivity index (χ1n) is 12.3. The van der Waals surface area contributed by atoms with Crippen molar-refractivity contribution >= 4 is 17.6 Å². The van der Waals surface area contributed by atoms with Gasteiger partial charge in [-0.3, -0.25) is 9.20 Å². The SMILES string of the molecule is Cc1ccc(-c2ccccc2C=C2CCN(CCc3c(C)nc4c(C(N)=O)ncn4c3O)CC2)cc1. The predicted molar refractivity (Wildman–Crippen MR) is 142 cm³/mol. The fraction of sp³-hybridized carbons (Fsp3) is 0.276. The quantitative estimate of drug-likeness (QED) is 0.421. The minimum atomic E-state index is -0.657. The number of aromatic nitrogens is 3. The van der Waals surface area contributed by atoms with Crippen LogP contribution in [0.4, 0.5) is 0 Å². The lowest BCUT2D eigenvalue weighted by molar-refractivity contribution is 0.0997. The van der Waals surface area contributed by atoms with Crippen molar-refractivity contribution < 1.29 is 9.90 Å². The van der Waals surface area contributed by atoms with Crippen LogP contribution in [0, 0.1) is 13.8 Å². The topological polar surface area (TPSA) is 96.8 Å². The molecule has 0 bridgehead atoms. The molecule has 184 valence electrons. The molecule has 5 rings (SSSR count). The summed E-state index contributed by atoms with van der Waals surface area (Å²) in [5.74, 6) is -0.585. The fourth-order valence-electron chi connectivity index (χ4n) is 4.92. The molecule has 0 unspecified atom stereocenters.